The second kappa shape index (κ2) is 26.7. The molecule has 0 spiro atoms. The lowest BCUT2D eigenvalue weighted by Gasteiger charge is -2.27. The molecule has 0 radical (unpaired) electrons. The van der Waals surface area contributed by atoms with E-state index in [0.29, 0.717) is 78.5 Å². The van der Waals surface area contributed by atoms with Crippen LogP contribution in [0.1, 0.15) is 67.8 Å². The first-order valence-electron chi connectivity index (χ1n) is 26.2. The van der Waals surface area contributed by atoms with E-state index >= 15 is 0 Å². The zero-order valence-electron chi connectivity index (χ0n) is 43.5. The number of rotatable bonds is 25. The van der Waals surface area contributed by atoms with E-state index in [1.54, 1.807) is 0 Å². The Labute approximate surface area is 456 Å². The molecule has 10 rings (SSSR count). The first-order valence-corrected chi connectivity index (χ1v) is 26.2. The van der Waals surface area contributed by atoms with Crippen molar-refractivity contribution >= 4 is 0 Å². The molecule has 390 valence electrons. The monoisotopic (exact) mass is 1030 g/mol. The zero-order chi connectivity index (χ0) is 53.1. The van der Waals surface area contributed by atoms with Gasteiger partial charge in [-0.3, -0.25) is 59.5 Å². The highest BCUT2D eigenvalue weighted by Crippen LogP contribution is 2.38. The van der Waals surface area contributed by atoms with E-state index in [2.05, 4.69) is 43.9 Å². The van der Waals surface area contributed by atoms with E-state index in [9.17, 15) is 10.2 Å². The number of benzene rings is 2. The molecule has 10 aromatic rings. The van der Waals surface area contributed by atoms with Crippen LogP contribution >= 0.6 is 0 Å². The summed E-state index contributed by atoms with van der Waals surface area (Å²) in [5, 5.41) is 25.6. The van der Waals surface area contributed by atoms with Crippen molar-refractivity contribution in [2.75, 3.05) is 0 Å². The van der Waals surface area contributed by atoms with Crippen LogP contribution in [0, 0.1) is 0 Å². The number of aromatic hydroxyl groups is 2. The smallest absolute Gasteiger partial charge is 0.124 e. The highest BCUT2D eigenvalue weighted by molar-refractivity contribution is 5.71. The maximum absolute atomic E-state index is 12.8. The van der Waals surface area contributed by atoms with Gasteiger partial charge in [-0.1, -0.05) is 48.5 Å². The number of aromatic nitrogens is 8. The molecule has 0 saturated heterocycles. The Kier molecular flexibility index (Phi) is 18.0. The average Bonchev–Trinajstić information content (AvgIpc) is 3.48. The van der Waals surface area contributed by atoms with Crippen LogP contribution in [-0.4, -0.2) is 69.7 Å². The summed E-state index contributed by atoms with van der Waals surface area (Å²) >= 11 is 0. The summed E-state index contributed by atoms with van der Waals surface area (Å²) in [6.45, 7) is 5.62. The van der Waals surface area contributed by atoms with Crippen LogP contribution in [0.2, 0.25) is 0 Å². The number of phenols is 2. The van der Waals surface area contributed by atoms with Crippen molar-refractivity contribution < 1.29 is 10.2 Å². The molecule has 0 saturated carbocycles. The van der Waals surface area contributed by atoms with Gasteiger partial charge in [-0.05, 0) is 132 Å². The quantitative estimate of drug-likeness (QED) is 0.0557. The van der Waals surface area contributed by atoms with E-state index in [1.807, 2.05) is 195 Å². The molecular formula is C64H62N12O2. The summed E-state index contributed by atoms with van der Waals surface area (Å²) in [6.07, 6.45) is 14.5. The minimum atomic E-state index is 0.200. The van der Waals surface area contributed by atoms with Crippen molar-refractivity contribution in [1.29, 1.82) is 0 Å². The third kappa shape index (κ3) is 15.1. The number of hydrogen-bond donors (Lipinski definition) is 2. The Morgan fingerprint density at radius 1 is 0.231 bits per heavy atom. The molecule has 0 bridgehead atoms. The predicted octanol–water partition coefficient (Wildman–Crippen LogP) is 10.7. The van der Waals surface area contributed by atoms with Gasteiger partial charge in [0.1, 0.15) is 11.5 Å². The van der Waals surface area contributed by atoms with E-state index in [1.165, 1.54) is 0 Å². The van der Waals surface area contributed by atoms with Crippen molar-refractivity contribution in [3.63, 3.8) is 0 Å². The van der Waals surface area contributed by atoms with Gasteiger partial charge in [-0.15, -0.1) is 0 Å². The molecular weight excluding hydrogens is 969 g/mol. The topological polar surface area (TPSA) is 157 Å². The molecule has 8 heterocycles. The van der Waals surface area contributed by atoms with Gasteiger partial charge in [0, 0.05) is 150 Å². The van der Waals surface area contributed by atoms with Gasteiger partial charge in [0.2, 0.25) is 0 Å². The van der Waals surface area contributed by atoms with Crippen LogP contribution in [0.15, 0.2) is 219 Å². The third-order valence-electron chi connectivity index (χ3n) is 13.3. The fourth-order valence-corrected chi connectivity index (χ4v) is 9.74. The summed E-state index contributed by atoms with van der Waals surface area (Å²) in [7, 11) is 0. The van der Waals surface area contributed by atoms with Crippen molar-refractivity contribution in [1.82, 2.24) is 59.5 Å². The summed E-state index contributed by atoms with van der Waals surface area (Å²) in [5.74, 6) is 0.400. The van der Waals surface area contributed by atoms with E-state index < -0.39 is 0 Å². The molecule has 2 N–H and O–H groups in total. The largest absolute Gasteiger partial charge is 0.507 e. The third-order valence-corrected chi connectivity index (χ3v) is 13.3. The molecule has 0 aliphatic rings. The summed E-state index contributed by atoms with van der Waals surface area (Å²) in [5.41, 5.74) is 11.9. The zero-order valence-corrected chi connectivity index (χ0v) is 43.5. The first kappa shape index (κ1) is 52.5. The molecule has 0 amide bonds. The minimum Gasteiger partial charge on any atom is -0.507 e. The second-order valence-corrected chi connectivity index (χ2v) is 19.4. The Balaban J connectivity index is 1.11. The first-order chi connectivity index (χ1) is 38.4. The summed E-state index contributed by atoms with van der Waals surface area (Å²) in [6, 6.07) is 55.9. The number of hydrogen-bond acceptors (Lipinski definition) is 14. The minimum absolute atomic E-state index is 0.200. The van der Waals surface area contributed by atoms with Crippen LogP contribution in [0.5, 0.6) is 11.5 Å². The maximum Gasteiger partial charge on any atom is 0.124 e. The van der Waals surface area contributed by atoms with Gasteiger partial charge in [0.05, 0.1) is 45.6 Å². The highest BCUT2D eigenvalue weighted by Gasteiger charge is 2.23. The van der Waals surface area contributed by atoms with E-state index in [0.717, 1.165) is 78.9 Å². The van der Waals surface area contributed by atoms with Crippen LogP contribution in [-0.2, 0) is 78.5 Å². The van der Waals surface area contributed by atoms with Crippen molar-refractivity contribution in [3.8, 4) is 22.6 Å². The van der Waals surface area contributed by atoms with Gasteiger partial charge in [-0.25, -0.2) is 0 Å². The molecule has 14 heteroatoms. The van der Waals surface area contributed by atoms with E-state index in [4.69, 9.17) is 39.9 Å². The fraction of sp³-hybridized carbons (Fsp3) is 0.188. The standard InChI is InChI=1S/C64H62N12O2/c77-63-51(37-73(41-55-17-1-9-25-65-55)42-56-18-2-10-26-66-56)33-49(34-52(63)38-74(43-57-19-3-11-27-67-57)44-58-20-4-12-28-68-58)50-35-53(39-75(45-59-21-5-13-29-69-59)46-60-22-6-14-30-70-60)64(78)54(36-50)40-76(47-61-23-7-15-31-71-61)48-62-24-8-16-32-72-62/h1-36,77-78H,37-48H2. The van der Waals surface area contributed by atoms with Gasteiger partial charge in [-0.2, -0.15) is 0 Å². The summed E-state index contributed by atoms with van der Waals surface area (Å²) < 4.78 is 0. The Morgan fingerprint density at radius 3 is 0.538 bits per heavy atom. The fourth-order valence-electron chi connectivity index (χ4n) is 9.74. The van der Waals surface area contributed by atoms with Crippen molar-refractivity contribution in [3.05, 3.63) is 287 Å². The van der Waals surface area contributed by atoms with Crippen LogP contribution < -0.4 is 0 Å². The lowest BCUT2D eigenvalue weighted by Crippen LogP contribution is -2.25. The lowest BCUT2D eigenvalue weighted by molar-refractivity contribution is 0.231. The molecule has 0 aliphatic carbocycles. The maximum atomic E-state index is 12.8. The van der Waals surface area contributed by atoms with Gasteiger partial charge in [0.15, 0.2) is 0 Å². The second-order valence-electron chi connectivity index (χ2n) is 19.4. The van der Waals surface area contributed by atoms with E-state index in [-0.39, 0.29) is 11.5 Å². The van der Waals surface area contributed by atoms with Gasteiger partial charge < -0.3 is 10.2 Å². The molecule has 8 aromatic heterocycles. The average molecular weight is 1030 g/mol. The molecule has 0 fully saturated rings. The molecule has 78 heavy (non-hydrogen) atoms. The predicted molar refractivity (Wildman–Crippen MR) is 301 cm³/mol. The van der Waals surface area contributed by atoms with Crippen molar-refractivity contribution in [2.24, 2.45) is 0 Å². The number of nitrogens with zero attached hydrogens (tertiary/aromatic N) is 12. The van der Waals surface area contributed by atoms with Crippen LogP contribution in [0.25, 0.3) is 11.1 Å². The summed E-state index contributed by atoms with van der Waals surface area (Å²) in [4.78, 5) is 46.8. The van der Waals surface area contributed by atoms with Crippen molar-refractivity contribution in [2.45, 2.75) is 78.5 Å². The molecule has 0 unspecified atom stereocenters. The van der Waals surface area contributed by atoms with Gasteiger partial charge in [0.25, 0.3) is 0 Å². The highest BCUT2D eigenvalue weighted by atomic mass is 16.3. The normalized spacial score (nSPS) is 11.5. The molecule has 14 nitrogen and oxygen atoms in total. The molecule has 0 atom stereocenters. The Morgan fingerprint density at radius 2 is 0.397 bits per heavy atom. The number of pyridine rings is 8. The lowest BCUT2D eigenvalue weighted by atomic mass is 9.93. The molecule has 0 aliphatic heterocycles. The number of phenolic OH excluding ortho intramolecular Hbond substituents is 2. The van der Waals surface area contributed by atoms with Crippen LogP contribution in [0.4, 0.5) is 0 Å². The Hall–Kier alpha value is -8.92. The van der Waals surface area contributed by atoms with Gasteiger partial charge >= 0.3 is 0 Å². The molecule has 2 aromatic carbocycles. The SMILES string of the molecule is Oc1c(CN(Cc2ccccn2)Cc2ccccn2)cc(-c2cc(CN(Cc3ccccn3)Cc3ccccn3)c(O)c(CN(Cc3ccccn3)Cc3ccccn3)c2)cc1CN(Cc1ccccn1)Cc1ccccn1. The van der Waals surface area contributed by atoms with Crippen LogP contribution in [0.3, 0.4) is 0 Å². The Bertz CT molecular complexity index is 2780.